The quantitative estimate of drug-likeness (QED) is 0.691. The second kappa shape index (κ2) is 6.04. The van der Waals surface area contributed by atoms with E-state index in [-0.39, 0.29) is 17.3 Å². The highest BCUT2D eigenvalue weighted by molar-refractivity contribution is 5.97. The number of nitrogens with one attached hydrogen (secondary N) is 1. The molecule has 0 unspecified atom stereocenters. The van der Waals surface area contributed by atoms with Crippen LogP contribution in [0.3, 0.4) is 0 Å². The van der Waals surface area contributed by atoms with Crippen LogP contribution in [0.5, 0.6) is 5.75 Å². The Morgan fingerprint density at radius 3 is 2.38 bits per heavy atom. The molecular weight excluding hydrogens is 272 g/mol. The zero-order chi connectivity index (χ0) is 15.4. The van der Waals surface area contributed by atoms with E-state index in [0.29, 0.717) is 11.3 Å². The Hall–Kier alpha value is -2.89. The molecule has 0 aliphatic rings. The summed E-state index contributed by atoms with van der Waals surface area (Å²) in [6.07, 6.45) is 0. The van der Waals surface area contributed by atoms with Crippen molar-refractivity contribution >= 4 is 17.3 Å². The summed E-state index contributed by atoms with van der Waals surface area (Å²) in [6, 6.07) is 11.7. The van der Waals surface area contributed by atoms with Crippen LogP contribution in [0.15, 0.2) is 42.5 Å². The van der Waals surface area contributed by atoms with E-state index in [1.165, 1.54) is 13.0 Å². The molecule has 0 bridgehead atoms. The Balaban J connectivity index is 2.57. The molecule has 108 valence electrons. The molecule has 21 heavy (non-hydrogen) atoms. The van der Waals surface area contributed by atoms with Gasteiger partial charge in [-0.2, -0.15) is 0 Å². The van der Waals surface area contributed by atoms with Crippen LogP contribution >= 0.6 is 0 Å². The van der Waals surface area contributed by atoms with Crippen molar-refractivity contribution in [3.63, 3.8) is 0 Å². The van der Waals surface area contributed by atoms with Crippen molar-refractivity contribution in [1.29, 1.82) is 0 Å². The number of para-hydroxylation sites is 1. The summed E-state index contributed by atoms with van der Waals surface area (Å²) >= 11 is 0. The Morgan fingerprint density at radius 1 is 1.19 bits per heavy atom. The van der Waals surface area contributed by atoms with Crippen LogP contribution in [-0.2, 0) is 4.79 Å². The molecule has 0 atom stereocenters. The summed E-state index contributed by atoms with van der Waals surface area (Å²) in [7, 11) is 1.56. The maximum Gasteiger partial charge on any atom is 0.293 e. The number of benzene rings is 2. The fraction of sp³-hybridized carbons (Fsp3) is 0.133. The average Bonchev–Trinajstić information content (AvgIpc) is 2.47. The zero-order valence-electron chi connectivity index (χ0n) is 11.6. The molecule has 1 N–H and O–H groups in total. The van der Waals surface area contributed by atoms with Gasteiger partial charge in [-0.1, -0.05) is 24.3 Å². The molecule has 6 heteroatoms. The molecule has 0 aromatic heterocycles. The Labute approximate surface area is 121 Å². The molecule has 2 aromatic rings. The third-order valence-corrected chi connectivity index (χ3v) is 2.94. The maximum atomic E-state index is 11.3. The number of nitro benzene ring substituents is 1. The first-order chi connectivity index (χ1) is 10.0. The maximum absolute atomic E-state index is 11.3. The van der Waals surface area contributed by atoms with Gasteiger partial charge in [0.1, 0.15) is 11.4 Å². The van der Waals surface area contributed by atoms with E-state index in [1.807, 2.05) is 0 Å². The Kier molecular flexibility index (Phi) is 4.18. The third-order valence-electron chi connectivity index (χ3n) is 2.94. The number of hydrogen-bond donors (Lipinski definition) is 1. The van der Waals surface area contributed by atoms with E-state index in [1.54, 1.807) is 43.5 Å². The first-order valence-corrected chi connectivity index (χ1v) is 6.22. The molecule has 1 amide bonds. The van der Waals surface area contributed by atoms with Crippen molar-refractivity contribution < 1.29 is 14.5 Å². The summed E-state index contributed by atoms with van der Waals surface area (Å²) in [5.41, 5.74) is 1.39. The van der Waals surface area contributed by atoms with Crippen LogP contribution in [0.25, 0.3) is 11.1 Å². The number of rotatable bonds is 4. The smallest absolute Gasteiger partial charge is 0.293 e. The molecule has 0 aliphatic carbocycles. The molecule has 0 saturated carbocycles. The van der Waals surface area contributed by atoms with Gasteiger partial charge in [0.2, 0.25) is 5.91 Å². The van der Waals surface area contributed by atoms with Crippen LogP contribution in [-0.4, -0.2) is 17.9 Å². The van der Waals surface area contributed by atoms with Gasteiger partial charge < -0.3 is 10.1 Å². The highest BCUT2D eigenvalue weighted by atomic mass is 16.6. The second-order valence-corrected chi connectivity index (χ2v) is 4.37. The van der Waals surface area contributed by atoms with Gasteiger partial charge >= 0.3 is 0 Å². The lowest BCUT2D eigenvalue weighted by atomic mass is 10.0. The van der Waals surface area contributed by atoms with Crippen LogP contribution < -0.4 is 10.1 Å². The largest absolute Gasteiger partial charge is 0.497 e. The van der Waals surface area contributed by atoms with E-state index in [2.05, 4.69) is 5.32 Å². The van der Waals surface area contributed by atoms with Gasteiger partial charge in [0.25, 0.3) is 5.69 Å². The standard InChI is InChI=1S/C15H14N2O4/c1-10(18)16-15-13(4-3-5-14(15)17(19)20)11-6-8-12(21-2)9-7-11/h3-9H,1-2H3,(H,16,18). The number of hydrogen-bond acceptors (Lipinski definition) is 4. The van der Waals surface area contributed by atoms with Gasteiger partial charge in [0, 0.05) is 18.6 Å². The van der Waals surface area contributed by atoms with E-state index in [0.717, 1.165) is 5.56 Å². The molecular formula is C15H14N2O4. The molecule has 2 rings (SSSR count). The summed E-state index contributed by atoms with van der Waals surface area (Å²) in [4.78, 5) is 21.9. The number of ether oxygens (including phenoxy) is 1. The van der Waals surface area contributed by atoms with Crippen molar-refractivity contribution in [1.82, 2.24) is 0 Å². The van der Waals surface area contributed by atoms with Crippen LogP contribution in [0.1, 0.15) is 6.92 Å². The molecule has 0 aliphatic heterocycles. The summed E-state index contributed by atoms with van der Waals surface area (Å²) in [6.45, 7) is 1.31. The zero-order valence-corrected chi connectivity index (χ0v) is 11.6. The van der Waals surface area contributed by atoms with Gasteiger partial charge in [-0.3, -0.25) is 14.9 Å². The van der Waals surface area contributed by atoms with Crippen molar-refractivity contribution in [3.8, 4) is 16.9 Å². The number of nitro groups is 1. The van der Waals surface area contributed by atoms with E-state index in [9.17, 15) is 14.9 Å². The molecule has 0 fully saturated rings. The van der Waals surface area contributed by atoms with Crippen LogP contribution in [0, 0.1) is 10.1 Å². The number of amides is 1. The van der Waals surface area contributed by atoms with E-state index in [4.69, 9.17) is 4.74 Å². The fourth-order valence-electron chi connectivity index (χ4n) is 2.01. The number of nitrogens with zero attached hydrogens (tertiary/aromatic N) is 1. The lowest BCUT2D eigenvalue weighted by molar-refractivity contribution is -0.383. The predicted molar refractivity (Wildman–Crippen MR) is 79.4 cm³/mol. The Bertz CT molecular complexity index is 681. The Morgan fingerprint density at radius 2 is 1.86 bits per heavy atom. The topological polar surface area (TPSA) is 81.5 Å². The second-order valence-electron chi connectivity index (χ2n) is 4.37. The summed E-state index contributed by atoms with van der Waals surface area (Å²) in [5.74, 6) is 0.323. The minimum Gasteiger partial charge on any atom is -0.497 e. The van der Waals surface area contributed by atoms with Gasteiger partial charge in [-0.25, -0.2) is 0 Å². The minimum atomic E-state index is -0.516. The van der Waals surface area contributed by atoms with Crippen molar-refractivity contribution in [3.05, 3.63) is 52.6 Å². The molecule has 2 aromatic carbocycles. The number of carbonyl (C=O) groups is 1. The lowest BCUT2D eigenvalue weighted by Gasteiger charge is -2.11. The van der Waals surface area contributed by atoms with E-state index < -0.39 is 4.92 Å². The van der Waals surface area contributed by atoms with Crippen LogP contribution in [0.4, 0.5) is 11.4 Å². The van der Waals surface area contributed by atoms with Gasteiger partial charge in [0.05, 0.1) is 12.0 Å². The highest BCUT2D eigenvalue weighted by Gasteiger charge is 2.19. The molecule has 6 nitrogen and oxygen atoms in total. The lowest BCUT2D eigenvalue weighted by Crippen LogP contribution is -2.09. The number of carbonyl (C=O) groups excluding carboxylic acids is 1. The van der Waals surface area contributed by atoms with Crippen molar-refractivity contribution in [2.24, 2.45) is 0 Å². The van der Waals surface area contributed by atoms with Gasteiger partial charge in [0.15, 0.2) is 0 Å². The minimum absolute atomic E-state index is 0.140. The van der Waals surface area contributed by atoms with Crippen molar-refractivity contribution in [2.75, 3.05) is 12.4 Å². The van der Waals surface area contributed by atoms with Crippen LogP contribution in [0.2, 0.25) is 0 Å². The normalized spacial score (nSPS) is 10.0. The SMILES string of the molecule is COc1ccc(-c2cccc([N+](=O)[O-])c2NC(C)=O)cc1. The average molecular weight is 286 g/mol. The third kappa shape index (κ3) is 3.17. The number of methoxy groups -OCH3 is 1. The highest BCUT2D eigenvalue weighted by Crippen LogP contribution is 2.36. The molecule has 0 heterocycles. The molecule has 0 radical (unpaired) electrons. The predicted octanol–water partition coefficient (Wildman–Crippen LogP) is 3.23. The summed E-state index contributed by atoms with van der Waals surface area (Å²) in [5, 5.41) is 13.7. The van der Waals surface area contributed by atoms with Gasteiger partial charge in [-0.15, -0.1) is 0 Å². The molecule has 0 saturated heterocycles. The fourth-order valence-corrected chi connectivity index (χ4v) is 2.01. The van der Waals surface area contributed by atoms with E-state index >= 15 is 0 Å². The monoisotopic (exact) mass is 286 g/mol. The van der Waals surface area contributed by atoms with Gasteiger partial charge in [-0.05, 0) is 17.7 Å². The first kappa shape index (κ1) is 14.5. The molecule has 0 spiro atoms. The number of anilines is 1. The van der Waals surface area contributed by atoms with Crippen molar-refractivity contribution in [2.45, 2.75) is 6.92 Å². The first-order valence-electron chi connectivity index (χ1n) is 6.22. The summed E-state index contributed by atoms with van der Waals surface area (Å²) < 4.78 is 5.08.